The molecule has 0 radical (unpaired) electrons. The highest BCUT2D eigenvalue weighted by atomic mass is 79.9. The number of nitro groups is 1. The smallest absolute Gasteiger partial charge is 0.269 e. The molecule has 7 heteroatoms. The summed E-state index contributed by atoms with van der Waals surface area (Å²) in [6.07, 6.45) is 2.41. The molecule has 3 rings (SSSR count). The highest BCUT2D eigenvalue weighted by Gasteiger charge is 2.29. The second-order valence-corrected chi connectivity index (χ2v) is 7.11. The van der Waals surface area contributed by atoms with Gasteiger partial charge >= 0.3 is 0 Å². The van der Waals surface area contributed by atoms with Gasteiger partial charge in [-0.05, 0) is 36.8 Å². The van der Waals surface area contributed by atoms with Gasteiger partial charge in [0, 0.05) is 34.3 Å². The molecule has 1 heterocycles. The quantitative estimate of drug-likeness (QED) is 0.366. The standard InChI is InChI=1S/C19H21BrN2O4/c1-2-3-10-25-19-12-17(16-11-13(20)4-9-18(16)26-19)21-14-5-7-15(8-6-14)22(23)24/h4-9,11,17,19,21H,2-3,10,12H2,1H3/t17-,19-/m0/s1. The summed E-state index contributed by atoms with van der Waals surface area (Å²) in [4.78, 5) is 10.4. The largest absolute Gasteiger partial charge is 0.464 e. The fourth-order valence-corrected chi connectivity index (χ4v) is 3.27. The molecule has 2 aromatic rings. The van der Waals surface area contributed by atoms with Crippen molar-refractivity contribution in [1.29, 1.82) is 0 Å². The first-order chi connectivity index (χ1) is 12.6. The Bertz CT molecular complexity index is 767. The van der Waals surface area contributed by atoms with Gasteiger partial charge in [0.1, 0.15) is 5.75 Å². The van der Waals surface area contributed by atoms with Crippen LogP contribution in [0.15, 0.2) is 46.9 Å². The number of nitrogens with zero attached hydrogens (tertiary/aromatic N) is 1. The van der Waals surface area contributed by atoms with Gasteiger partial charge in [-0.3, -0.25) is 10.1 Å². The van der Waals surface area contributed by atoms with Crippen LogP contribution in [-0.2, 0) is 4.74 Å². The highest BCUT2D eigenvalue weighted by molar-refractivity contribution is 9.10. The van der Waals surface area contributed by atoms with Gasteiger partial charge in [-0.1, -0.05) is 29.3 Å². The van der Waals surface area contributed by atoms with E-state index in [1.165, 1.54) is 12.1 Å². The van der Waals surface area contributed by atoms with Crippen molar-refractivity contribution in [3.63, 3.8) is 0 Å². The molecule has 2 aromatic carbocycles. The normalized spacial score (nSPS) is 18.7. The molecule has 138 valence electrons. The lowest BCUT2D eigenvalue weighted by atomic mass is 9.99. The van der Waals surface area contributed by atoms with Crippen LogP contribution in [0.1, 0.15) is 37.8 Å². The van der Waals surface area contributed by atoms with E-state index in [-0.39, 0.29) is 18.0 Å². The molecule has 1 aliphatic heterocycles. The van der Waals surface area contributed by atoms with Crippen molar-refractivity contribution in [2.75, 3.05) is 11.9 Å². The Hall–Kier alpha value is -2.12. The molecule has 0 spiro atoms. The maximum atomic E-state index is 10.8. The molecule has 0 saturated carbocycles. The number of nitro benzene ring substituents is 1. The highest BCUT2D eigenvalue weighted by Crippen LogP contribution is 2.39. The average Bonchev–Trinajstić information content (AvgIpc) is 2.63. The van der Waals surface area contributed by atoms with Gasteiger partial charge in [-0.15, -0.1) is 0 Å². The van der Waals surface area contributed by atoms with Gasteiger partial charge in [-0.2, -0.15) is 0 Å². The van der Waals surface area contributed by atoms with E-state index in [9.17, 15) is 10.1 Å². The Kier molecular flexibility index (Phi) is 6.11. The van der Waals surface area contributed by atoms with Crippen LogP contribution in [0.25, 0.3) is 0 Å². The average molecular weight is 421 g/mol. The minimum absolute atomic E-state index is 0.00988. The molecule has 1 aliphatic rings. The molecular weight excluding hydrogens is 400 g/mol. The van der Waals surface area contributed by atoms with Crippen molar-refractivity contribution in [3.05, 3.63) is 62.6 Å². The number of halogens is 1. The number of hydrogen-bond acceptors (Lipinski definition) is 5. The SMILES string of the molecule is CCCCO[C@@H]1C[C@H](Nc2ccc([N+](=O)[O-])cc2)c2cc(Br)ccc2O1. The molecule has 26 heavy (non-hydrogen) atoms. The summed E-state index contributed by atoms with van der Waals surface area (Å²) in [7, 11) is 0. The van der Waals surface area contributed by atoms with E-state index in [1.807, 2.05) is 18.2 Å². The third-order valence-electron chi connectivity index (χ3n) is 4.25. The second-order valence-electron chi connectivity index (χ2n) is 6.19. The van der Waals surface area contributed by atoms with Crippen molar-refractivity contribution >= 4 is 27.3 Å². The lowest BCUT2D eigenvalue weighted by Crippen LogP contribution is -2.31. The molecule has 0 unspecified atom stereocenters. The van der Waals surface area contributed by atoms with Gasteiger partial charge in [0.2, 0.25) is 6.29 Å². The van der Waals surface area contributed by atoms with E-state index in [0.29, 0.717) is 13.0 Å². The van der Waals surface area contributed by atoms with E-state index < -0.39 is 4.92 Å². The molecular formula is C19H21BrN2O4. The van der Waals surface area contributed by atoms with Crippen LogP contribution in [0.4, 0.5) is 11.4 Å². The maximum Gasteiger partial charge on any atom is 0.269 e. The number of ether oxygens (including phenoxy) is 2. The second kappa shape index (κ2) is 8.51. The van der Waals surface area contributed by atoms with E-state index in [2.05, 4.69) is 28.2 Å². The molecule has 6 nitrogen and oxygen atoms in total. The molecule has 0 aromatic heterocycles. The summed E-state index contributed by atoms with van der Waals surface area (Å²) in [6, 6.07) is 12.3. The Morgan fingerprint density at radius 3 is 2.77 bits per heavy atom. The molecule has 0 aliphatic carbocycles. The lowest BCUT2D eigenvalue weighted by molar-refractivity contribution is -0.384. The number of nitrogens with one attached hydrogen (secondary N) is 1. The van der Waals surface area contributed by atoms with Gasteiger partial charge in [-0.25, -0.2) is 0 Å². The molecule has 0 amide bonds. The van der Waals surface area contributed by atoms with Crippen molar-refractivity contribution in [3.8, 4) is 5.75 Å². The Labute approximate surface area is 160 Å². The van der Waals surface area contributed by atoms with E-state index in [1.54, 1.807) is 12.1 Å². The minimum Gasteiger partial charge on any atom is -0.464 e. The molecule has 2 atom stereocenters. The monoisotopic (exact) mass is 420 g/mol. The first-order valence-electron chi connectivity index (χ1n) is 8.65. The first kappa shape index (κ1) is 18.7. The Morgan fingerprint density at radius 2 is 2.08 bits per heavy atom. The van der Waals surface area contributed by atoms with Crippen LogP contribution in [0.5, 0.6) is 5.75 Å². The number of rotatable bonds is 7. The number of benzene rings is 2. The van der Waals surface area contributed by atoms with Gasteiger partial charge in [0.05, 0.1) is 17.6 Å². The van der Waals surface area contributed by atoms with E-state index >= 15 is 0 Å². The van der Waals surface area contributed by atoms with Crippen molar-refractivity contribution < 1.29 is 14.4 Å². The van der Waals surface area contributed by atoms with Crippen LogP contribution < -0.4 is 10.1 Å². The summed E-state index contributed by atoms with van der Waals surface area (Å²) >= 11 is 3.51. The molecule has 0 fully saturated rings. The molecule has 1 N–H and O–H groups in total. The summed E-state index contributed by atoms with van der Waals surface area (Å²) in [5.74, 6) is 0.792. The van der Waals surface area contributed by atoms with Crippen molar-refractivity contribution in [1.82, 2.24) is 0 Å². The zero-order valence-corrected chi connectivity index (χ0v) is 16.1. The number of unbranched alkanes of at least 4 members (excludes halogenated alkanes) is 1. The number of anilines is 1. The molecule has 0 bridgehead atoms. The van der Waals surface area contributed by atoms with Crippen LogP contribution in [0.2, 0.25) is 0 Å². The van der Waals surface area contributed by atoms with Gasteiger partial charge < -0.3 is 14.8 Å². The third kappa shape index (κ3) is 4.53. The zero-order valence-electron chi connectivity index (χ0n) is 14.5. The van der Waals surface area contributed by atoms with E-state index in [0.717, 1.165) is 34.3 Å². The summed E-state index contributed by atoms with van der Waals surface area (Å²) in [5, 5.41) is 14.3. The minimum atomic E-state index is -0.401. The first-order valence-corrected chi connectivity index (χ1v) is 9.45. The lowest BCUT2D eigenvalue weighted by Gasteiger charge is -2.33. The zero-order chi connectivity index (χ0) is 18.5. The predicted molar refractivity (Wildman–Crippen MR) is 103 cm³/mol. The maximum absolute atomic E-state index is 10.8. The Morgan fingerprint density at radius 1 is 1.31 bits per heavy atom. The summed E-state index contributed by atoms with van der Waals surface area (Å²) in [5.41, 5.74) is 1.93. The third-order valence-corrected chi connectivity index (χ3v) is 4.75. The predicted octanol–water partition coefficient (Wildman–Crippen LogP) is 5.44. The Balaban J connectivity index is 1.79. The van der Waals surface area contributed by atoms with Crippen LogP contribution in [0.3, 0.4) is 0 Å². The number of fused-ring (bicyclic) bond motifs is 1. The van der Waals surface area contributed by atoms with Crippen LogP contribution in [-0.4, -0.2) is 17.8 Å². The summed E-state index contributed by atoms with van der Waals surface area (Å²) in [6.45, 7) is 2.79. The fourth-order valence-electron chi connectivity index (χ4n) is 2.89. The van der Waals surface area contributed by atoms with Crippen LogP contribution >= 0.6 is 15.9 Å². The van der Waals surface area contributed by atoms with E-state index in [4.69, 9.17) is 9.47 Å². The van der Waals surface area contributed by atoms with Crippen molar-refractivity contribution in [2.45, 2.75) is 38.5 Å². The van der Waals surface area contributed by atoms with Crippen LogP contribution in [0, 0.1) is 10.1 Å². The van der Waals surface area contributed by atoms with Crippen molar-refractivity contribution in [2.24, 2.45) is 0 Å². The fraction of sp³-hybridized carbons (Fsp3) is 0.368. The number of non-ortho nitro benzene ring substituents is 1. The molecule has 0 saturated heterocycles. The van der Waals surface area contributed by atoms with Gasteiger partial charge in [0.15, 0.2) is 0 Å². The van der Waals surface area contributed by atoms with Gasteiger partial charge in [0.25, 0.3) is 5.69 Å². The number of hydrogen-bond donors (Lipinski definition) is 1. The topological polar surface area (TPSA) is 73.6 Å². The summed E-state index contributed by atoms with van der Waals surface area (Å²) < 4.78 is 12.8.